The predicted molar refractivity (Wildman–Crippen MR) is 129 cm³/mol. The Balaban J connectivity index is 1.39. The molecule has 1 aromatic carbocycles. The number of ether oxygens (including phenoxy) is 1. The van der Waals surface area contributed by atoms with Crippen molar-refractivity contribution in [3.8, 4) is 6.07 Å². The second kappa shape index (κ2) is 12.7. The van der Waals surface area contributed by atoms with Crippen LogP contribution in [0.2, 0.25) is 0 Å². The van der Waals surface area contributed by atoms with E-state index < -0.39 is 17.8 Å². The van der Waals surface area contributed by atoms with Gasteiger partial charge in [-0.3, -0.25) is 9.69 Å². The minimum atomic E-state index is -4.47. The van der Waals surface area contributed by atoms with Crippen LogP contribution < -0.4 is 10.6 Å². The Kier molecular flexibility index (Phi) is 9.96. The molecule has 1 heterocycles. The number of hydrogen-bond acceptors (Lipinski definition) is 6. The van der Waals surface area contributed by atoms with Gasteiger partial charge in [0.15, 0.2) is 5.78 Å². The Labute approximate surface area is 206 Å². The molecule has 9 heteroatoms. The lowest BCUT2D eigenvalue weighted by atomic mass is 9.77. The van der Waals surface area contributed by atoms with Gasteiger partial charge in [0.2, 0.25) is 0 Å². The summed E-state index contributed by atoms with van der Waals surface area (Å²) >= 11 is 0. The molecule has 1 aliphatic heterocycles. The highest BCUT2D eigenvalue weighted by Gasteiger charge is 2.32. The molecule has 6 nitrogen and oxygen atoms in total. The van der Waals surface area contributed by atoms with Crippen molar-refractivity contribution < 1.29 is 22.7 Å². The number of piperazine rings is 1. The van der Waals surface area contributed by atoms with Crippen LogP contribution in [0, 0.1) is 23.2 Å². The van der Waals surface area contributed by atoms with Crippen LogP contribution in [0.15, 0.2) is 18.2 Å². The number of benzene rings is 1. The molecule has 1 unspecified atom stereocenters. The molecule has 0 bridgehead atoms. The first kappa shape index (κ1) is 27.4. The van der Waals surface area contributed by atoms with Crippen LogP contribution in [-0.4, -0.2) is 62.7 Å². The van der Waals surface area contributed by atoms with E-state index in [-0.39, 0.29) is 18.0 Å². The normalized spacial score (nSPS) is 22.6. The molecular weight excluding hydrogens is 457 g/mol. The van der Waals surface area contributed by atoms with Crippen LogP contribution in [0.25, 0.3) is 0 Å². The number of nitrogens with two attached hydrogens (primary N) is 1. The topological polar surface area (TPSA) is 82.6 Å². The number of hydrogen-bond donors (Lipinski definition) is 1. The number of carbonyl (C=O) groups excluding carboxylic acids is 1. The van der Waals surface area contributed by atoms with Crippen LogP contribution >= 0.6 is 0 Å². The van der Waals surface area contributed by atoms with Gasteiger partial charge < -0.3 is 15.4 Å². The van der Waals surface area contributed by atoms with Crippen LogP contribution in [0.4, 0.5) is 18.9 Å². The van der Waals surface area contributed by atoms with Gasteiger partial charge in [0.05, 0.1) is 23.2 Å². The van der Waals surface area contributed by atoms with E-state index in [9.17, 15) is 18.0 Å². The lowest BCUT2D eigenvalue weighted by Gasteiger charge is -2.37. The Bertz CT molecular complexity index is 870. The maximum atomic E-state index is 13.2. The number of anilines is 1. The molecule has 1 aliphatic carbocycles. The summed E-state index contributed by atoms with van der Waals surface area (Å²) in [6.07, 6.45) is 1.90. The fourth-order valence-electron chi connectivity index (χ4n) is 5.17. The van der Waals surface area contributed by atoms with E-state index in [4.69, 9.17) is 15.7 Å². The summed E-state index contributed by atoms with van der Waals surface area (Å²) in [5.74, 6) is 1.16. The van der Waals surface area contributed by atoms with E-state index in [1.807, 2.05) is 17.9 Å². The lowest BCUT2D eigenvalue weighted by molar-refractivity contribution is -0.137. The molecule has 0 aromatic heterocycles. The number of halogens is 3. The van der Waals surface area contributed by atoms with Crippen LogP contribution in [0.1, 0.15) is 56.6 Å². The highest BCUT2D eigenvalue weighted by Crippen LogP contribution is 2.34. The van der Waals surface area contributed by atoms with Crippen molar-refractivity contribution in [2.75, 3.05) is 50.8 Å². The van der Waals surface area contributed by atoms with Crippen molar-refractivity contribution >= 4 is 11.5 Å². The second-order valence-corrected chi connectivity index (χ2v) is 9.83. The molecule has 0 spiro atoms. The van der Waals surface area contributed by atoms with Gasteiger partial charge in [-0.15, -0.1) is 0 Å². The average Bonchev–Trinajstić information content (AvgIpc) is 2.86. The number of ketones is 1. The van der Waals surface area contributed by atoms with Crippen molar-refractivity contribution in [1.82, 2.24) is 4.90 Å². The van der Waals surface area contributed by atoms with E-state index in [1.165, 1.54) is 0 Å². The van der Waals surface area contributed by atoms with Gasteiger partial charge >= 0.3 is 6.18 Å². The molecule has 2 fully saturated rings. The Hall–Kier alpha value is -2.15. The summed E-state index contributed by atoms with van der Waals surface area (Å²) in [6, 6.07) is 5.00. The molecule has 0 amide bonds. The van der Waals surface area contributed by atoms with E-state index in [0.717, 1.165) is 70.3 Å². The summed E-state index contributed by atoms with van der Waals surface area (Å²) < 4.78 is 44.8. The Morgan fingerprint density at radius 2 is 1.80 bits per heavy atom. The van der Waals surface area contributed by atoms with Crippen LogP contribution in [0.5, 0.6) is 0 Å². The molecular formula is C26H37F3N4O2. The number of alkyl halides is 3. The molecule has 194 valence electrons. The molecule has 2 aliphatic rings. The highest BCUT2D eigenvalue weighted by atomic mass is 19.4. The van der Waals surface area contributed by atoms with Crippen molar-refractivity contribution in [2.24, 2.45) is 17.6 Å². The Morgan fingerprint density at radius 3 is 2.40 bits per heavy atom. The minimum Gasteiger partial charge on any atom is -0.374 e. The summed E-state index contributed by atoms with van der Waals surface area (Å²) in [7, 11) is 0. The van der Waals surface area contributed by atoms with Crippen molar-refractivity contribution in [3.63, 3.8) is 0 Å². The Morgan fingerprint density at radius 1 is 1.14 bits per heavy atom. The van der Waals surface area contributed by atoms with Gasteiger partial charge in [0, 0.05) is 38.5 Å². The van der Waals surface area contributed by atoms with E-state index in [0.29, 0.717) is 37.2 Å². The molecule has 1 atom stereocenters. The zero-order chi connectivity index (χ0) is 25.4. The first-order valence-corrected chi connectivity index (χ1v) is 12.6. The summed E-state index contributed by atoms with van der Waals surface area (Å²) in [6.45, 7) is 6.36. The second-order valence-electron chi connectivity index (χ2n) is 9.83. The van der Waals surface area contributed by atoms with Gasteiger partial charge in [-0.25, -0.2) is 0 Å². The monoisotopic (exact) mass is 494 g/mol. The number of nitrogens with zero attached hydrogens (tertiary/aromatic N) is 3. The first-order valence-electron chi connectivity index (χ1n) is 12.6. The molecule has 1 saturated heterocycles. The summed E-state index contributed by atoms with van der Waals surface area (Å²) in [5.41, 5.74) is 5.79. The molecule has 1 saturated carbocycles. The molecule has 3 rings (SSSR count). The number of carbonyl (C=O) groups is 1. The molecule has 0 radical (unpaired) electrons. The molecule has 2 N–H and O–H groups in total. The lowest BCUT2D eigenvalue weighted by Crippen LogP contribution is -2.47. The average molecular weight is 495 g/mol. The van der Waals surface area contributed by atoms with Crippen LogP contribution in [-0.2, 0) is 15.7 Å². The van der Waals surface area contributed by atoms with E-state index in [1.54, 1.807) is 6.07 Å². The largest absolute Gasteiger partial charge is 0.416 e. The SMILES string of the molecule is CCOCC(=O)C(N)CC1CCC(CCN2CCN(c3cc(C#N)cc(C(F)(F)F)c3)CC2)CC1. The van der Waals surface area contributed by atoms with Crippen LogP contribution in [0.3, 0.4) is 0 Å². The minimum absolute atomic E-state index is 0.0119. The zero-order valence-corrected chi connectivity index (χ0v) is 20.5. The third-order valence-electron chi connectivity index (χ3n) is 7.38. The molecule has 1 aromatic rings. The molecule has 35 heavy (non-hydrogen) atoms. The standard InChI is InChI=1S/C26H37F3N4O2/c1-2-35-18-25(34)24(31)15-20-5-3-19(4-6-20)7-8-32-9-11-33(12-10-32)23-14-21(17-30)13-22(16-23)26(27,28)29/h13-14,16,19-20,24H,2-12,15,18,31H2,1H3. The van der Waals surface area contributed by atoms with E-state index >= 15 is 0 Å². The van der Waals surface area contributed by atoms with Crippen molar-refractivity contribution in [2.45, 2.75) is 57.7 Å². The number of rotatable bonds is 10. The van der Waals surface area contributed by atoms with Gasteiger partial charge in [0.25, 0.3) is 0 Å². The smallest absolute Gasteiger partial charge is 0.374 e. The van der Waals surface area contributed by atoms with E-state index in [2.05, 4.69) is 4.90 Å². The highest BCUT2D eigenvalue weighted by molar-refractivity contribution is 5.84. The van der Waals surface area contributed by atoms with Gasteiger partial charge in [-0.2, -0.15) is 18.4 Å². The maximum Gasteiger partial charge on any atom is 0.416 e. The first-order chi connectivity index (χ1) is 16.7. The summed E-state index contributed by atoms with van der Waals surface area (Å²) in [5, 5.41) is 9.13. The zero-order valence-electron chi connectivity index (χ0n) is 20.5. The van der Waals surface area contributed by atoms with Crippen molar-refractivity contribution in [3.05, 3.63) is 29.3 Å². The third kappa shape index (κ3) is 8.19. The quantitative estimate of drug-likeness (QED) is 0.525. The summed E-state index contributed by atoms with van der Waals surface area (Å²) in [4.78, 5) is 16.3. The van der Waals surface area contributed by atoms with Gasteiger partial charge in [0.1, 0.15) is 6.61 Å². The number of Topliss-reactive ketones (excluding diaryl/α,β-unsaturated/α-hetero) is 1. The van der Waals surface area contributed by atoms with Crippen molar-refractivity contribution in [1.29, 1.82) is 5.26 Å². The van der Waals surface area contributed by atoms with Gasteiger partial charge in [-0.1, -0.05) is 25.7 Å². The third-order valence-corrected chi connectivity index (χ3v) is 7.38. The fraction of sp³-hybridized carbons (Fsp3) is 0.692. The predicted octanol–water partition coefficient (Wildman–Crippen LogP) is 4.22. The number of nitriles is 1. The maximum absolute atomic E-state index is 13.2. The van der Waals surface area contributed by atoms with Gasteiger partial charge in [-0.05, 0) is 56.3 Å². The fourth-order valence-corrected chi connectivity index (χ4v) is 5.17.